The predicted octanol–water partition coefficient (Wildman–Crippen LogP) is 4.40. The number of sulfonamides is 1. The minimum absolute atomic E-state index is 0.343. The van der Waals surface area contributed by atoms with E-state index < -0.39 is 10.0 Å². The van der Waals surface area contributed by atoms with Crippen LogP contribution in [0, 0.1) is 20.8 Å². The molecule has 0 aliphatic carbocycles. The highest BCUT2D eigenvalue weighted by Crippen LogP contribution is 2.27. The van der Waals surface area contributed by atoms with Crippen LogP contribution in [0.3, 0.4) is 0 Å². The van der Waals surface area contributed by atoms with Crippen molar-refractivity contribution >= 4 is 21.4 Å². The molecule has 0 fully saturated rings. The molecule has 0 atom stereocenters. The van der Waals surface area contributed by atoms with E-state index in [9.17, 15) is 8.42 Å². The van der Waals surface area contributed by atoms with Gasteiger partial charge in [0.05, 0.1) is 11.4 Å². The predicted molar refractivity (Wildman–Crippen MR) is 107 cm³/mol. The van der Waals surface area contributed by atoms with Gasteiger partial charge in [-0.15, -0.1) is 11.3 Å². The summed E-state index contributed by atoms with van der Waals surface area (Å²) in [4.78, 5) is 1.43. The van der Waals surface area contributed by atoms with Crippen LogP contribution in [-0.4, -0.2) is 17.3 Å². The third-order valence-electron chi connectivity index (χ3n) is 4.71. The molecule has 0 bridgehead atoms. The van der Waals surface area contributed by atoms with Crippen LogP contribution in [0.1, 0.15) is 27.3 Å². The molecule has 0 amide bonds. The zero-order valence-corrected chi connectivity index (χ0v) is 17.2. The Labute approximate surface area is 159 Å². The number of hydrogen-bond donors (Lipinski definition) is 0. The van der Waals surface area contributed by atoms with Crippen molar-refractivity contribution in [1.82, 2.24) is 8.87 Å². The lowest BCUT2D eigenvalue weighted by Gasteiger charge is -2.23. The first-order valence-electron chi connectivity index (χ1n) is 8.49. The van der Waals surface area contributed by atoms with E-state index in [1.165, 1.54) is 0 Å². The quantitative estimate of drug-likeness (QED) is 0.628. The van der Waals surface area contributed by atoms with Crippen molar-refractivity contribution in [3.8, 4) is 0 Å². The van der Waals surface area contributed by atoms with E-state index in [1.807, 2.05) is 74.3 Å². The summed E-state index contributed by atoms with van der Waals surface area (Å²) in [5.74, 6) is 0. The molecule has 2 heterocycles. The summed E-state index contributed by atoms with van der Waals surface area (Å²) in [6.07, 6.45) is 1.94. The molecule has 0 saturated carbocycles. The van der Waals surface area contributed by atoms with Crippen LogP contribution in [0.25, 0.3) is 0 Å². The largest absolute Gasteiger partial charge is 0.353 e. The smallest absolute Gasteiger partial charge is 0.244 e. The molecule has 0 radical (unpaired) electrons. The minimum atomic E-state index is -3.61. The molecule has 0 saturated heterocycles. The van der Waals surface area contributed by atoms with Gasteiger partial charge in [0.15, 0.2) is 0 Å². The summed E-state index contributed by atoms with van der Waals surface area (Å²) in [6.45, 7) is 6.54. The summed E-state index contributed by atoms with van der Waals surface area (Å²) in [5.41, 5.74) is 3.85. The van der Waals surface area contributed by atoms with Crippen molar-refractivity contribution in [1.29, 1.82) is 0 Å². The van der Waals surface area contributed by atoms with Crippen LogP contribution in [0.4, 0.5) is 0 Å². The maximum absolute atomic E-state index is 13.5. The number of nitrogens with zero attached hydrogens (tertiary/aromatic N) is 2. The van der Waals surface area contributed by atoms with E-state index >= 15 is 0 Å². The molecule has 138 valence electrons. The van der Waals surface area contributed by atoms with Crippen LogP contribution in [0.15, 0.2) is 52.9 Å². The fraction of sp³-hybridized carbons (Fsp3) is 0.300. The molecule has 0 spiro atoms. The molecule has 0 N–H and O–H groups in total. The number of thiophene rings is 1. The van der Waals surface area contributed by atoms with Crippen LogP contribution in [0.5, 0.6) is 0 Å². The molecular formula is C20H24N2O2S2. The fourth-order valence-corrected chi connectivity index (χ4v) is 5.48. The van der Waals surface area contributed by atoms with Gasteiger partial charge in [-0.05, 0) is 67.1 Å². The number of benzene rings is 1. The third kappa shape index (κ3) is 3.77. The van der Waals surface area contributed by atoms with Gasteiger partial charge in [-0.1, -0.05) is 12.1 Å². The Morgan fingerprint density at radius 2 is 1.73 bits per heavy atom. The van der Waals surface area contributed by atoms with Gasteiger partial charge < -0.3 is 4.57 Å². The molecule has 4 nitrogen and oxygen atoms in total. The van der Waals surface area contributed by atoms with Gasteiger partial charge >= 0.3 is 0 Å². The summed E-state index contributed by atoms with van der Waals surface area (Å²) in [5, 5.41) is 1.98. The van der Waals surface area contributed by atoms with Crippen LogP contribution in [0.2, 0.25) is 0 Å². The molecule has 3 rings (SSSR count). The van der Waals surface area contributed by atoms with Crippen molar-refractivity contribution in [3.05, 3.63) is 75.2 Å². The molecule has 0 unspecified atom stereocenters. The molecular weight excluding hydrogens is 364 g/mol. The minimum Gasteiger partial charge on any atom is -0.353 e. The van der Waals surface area contributed by atoms with Gasteiger partial charge in [0.2, 0.25) is 10.0 Å². The van der Waals surface area contributed by atoms with Crippen LogP contribution in [-0.2, 0) is 30.2 Å². The van der Waals surface area contributed by atoms with Gasteiger partial charge in [0, 0.05) is 30.4 Å². The van der Waals surface area contributed by atoms with Crippen molar-refractivity contribution in [2.45, 2.75) is 38.8 Å². The Balaban J connectivity index is 2.04. The van der Waals surface area contributed by atoms with Gasteiger partial charge in [-0.2, -0.15) is 4.31 Å². The van der Waals surface area contributed by atoms with Gasteiger partial charge in [-0.3, -0.25) is 0 Å². The van der Waals surface area contributed by atoms with Crippen LogP contribution >= 0.6 is 11.3 Å². The Morgan fingerprint density at radius 1 is 1.00 bits per heavy atom. The Bertz CT molecular complexity index is 1000. The monoisotopic (exact) mass is 388 g/mol. The second kappa shape index (κ2) is 7.39. The molecule has 1 aromatic carbocycles. The van der Waals surface area contributed by atoms with Gasteiger partial charge in [0.1, 0.15) is 0 Å². The van der Waals surface area contributed by atoms with E-state index in [-0.39, 0.29) is 0 Å². The molecule has 2 aromatic heterocycles. The maximum atomic E-state index is 13.5. The molecule has 26 heavy (non-hydrogen) atoms. The first-order chi connectivity index (χ1) is 12.3. The summed E-state index contributed by atoms with van der Waals surface area (Å²) >= 11 is 1.58. The second-order valence-corrected chi connectivity index (χ2v) is 9.60. The van der Waals surface area contributed by atoms with Crippen molar-refractivity contribution < 1.29 is 8.42 Å². The van der Waals surface area contributed by atoms with Gasteiger partial charge in [-0.25, -0.2) is 8.42 Å². The maximum Gasteiger partial charge on any atom is 0.244 e. The Kier molecular flexibility index (Phi) is 5.37. The highest BCUT2D eigenvalue weighted by atomic mass is 32.2. The van der Waals surface area contributed by atoms with Crippen molar-refractivity contribution in [2.75, 3.05) is 0 Å². The zero-order chi connectivity index (χ0) is 18.9. The Morgan fingerprint density at radius 3 is 2.35 bits per heavy atom. The van der Waals surface area contributed by atoms with E-state index in [0.29, 0.717) is 18.0 Å². The second-order valence-electron chi connectivity index (χ2n) is 6.66. The summed E-state index contributed by atoms with van der Waals surface area (Å²) in [7, 11) is -1.68. The average Bonchev–Trinajstić information content (AvgIpc) is 3.22. The van der Waals surface area contributed by atoms with E-state index in [0.717, 1.165) is 27.3 Å². The summed E-state index contributed by atoms with van der Waals surface area (Å²) < 4.78 is 30.5. The average molecular weight is 389 g/mol. The highest BCUT2D eigenvalue weighted by Gasteiger charge is 2.28. The SMILES string of the molecule is Cc1cc(C)c(S(=O)(=O)N(Cc2cccs2)Cc2cccn2C)cc1C. The lowest BCUT2D eigenvalue weighted by molar-refractivity contribution is 0.395. The standard InChI is InChI=1S/C20H24N2O2S2/c1-15-11-17(3)20(12-16(15)2)26(23,24)22(14-19-8-6-10-25-19)13-18-7-5-9-21(18)4/h5-12H,13-14H2,1-4H3. The Hall–Kier alpha value is -1.89. The molecule has 0 aliphatic heterocycles. The van der Waals surface area contributed by atoms with Crippen molar-refractivity contribution in [2.24, 2.45) is 7.05 Å². The van der Waals surface area contributed by atoms with Crippen LogP contribution < -0.4 is 0 Å². The number of hydrogen-bond acceptors (Lipinski definition) is 3. The highest BCUT2D eigenvalue weighted by molar-refractivity contribution is 7.89. The first kappa shape index (κ1) is 18.9. The van der Waals surface area contributed by atoms with E-state index in [4.69, 9.17) is 0 Å². The zero-order valence-electron chi connectivity index (χ0n) is 15.6. The lowest BCUT2D eigenvalue weighted by atomic mass is 10.1. The molecule has 0 aliphatic rings. The first-order valence-corrected chi connectivity index (χ1v) is 10.8. The normalized spacial score (nSPS) is 12.0. The molecule has 6 heteroatoms. The van der Waals surface area contributed by atoms with E-state index in [1.54, 1.807) is 21.7 Å². The number of rotatable bonds is 6. The fourth-order valence-electron chi connectivity index (χ4n) is 2.99. The molecule has 3 aromatic rings. The number of aromatic nitrogens is 1. The van der Waals surface area contributed by atoms with E-state index in [2.05, 4.69) is 0 Å². The van der Waals surface area contributed by atoms with Gasteiger partial charge in [0.25, 0.3) is 0 Å². The topological polar surface area (TPSA) is 42.3 Å². The summed E-state index contributed by atoms with van der Waals surface area (Å²) in [6, 6.07) is 11.6. The lowest BCUT2D eigenvalue weighted by Crippen LogP contribution is -2.31. The van der Waals surface area contributed by atoms with Crippen molar-refractivity contribution in [3.63, 3.8) is 0 Å². The number of aryl methyl sites for hydroxylation is 4. The third-order valence-corrected chi connectivity index (χ3v) is 7.51.